The molecule has 2 atom stereocenters. The van der Waals surface area contributed by atoms with Crippen molar-refractivity contribution < 1.29 is 4.42 Å². The quantitative estimate of drug-likeness (QED) is 0.183. The van der Waals surface area contributed by atoms with Crippen molar-refractivity contribution in [2.75, 3.05) is 0 Å². The Morgan fingerprint density at radius 3 is 2.49 bits per heavy atom. The van der Waals surface area contributed by atoms with Crippen LogP contribution in [0, 0.1) is 0 Å². The van der Waals surface area contributed by atoms with E-state index in [9.17, 15) is 0 Å². The zero-order valence-corrected chi connectivity index (χ0v) is 26.2. The maximum Gasteiger partial charge on any atom is 0.169 e. The summed E-state index contributed by atoms with van der Waals surface area (Å²) in [5.74, 6) is 2.34. The van der Waals surface area contributed by atoms with Crippen molar-refractivity contribution in [3.8, 4) is 11.4 Å². The Bertz CT molecular complexity index is 2480. The fraction of sp³-hybridized carbons (Fsp3) is 0.116. The van der Waals surface area contributed by atoms with Crippen molar-refractivity contribution in [2.24, 2.45) is 0 Å². The number of hydrogen-bond acceptors (Lipinski definition) is 3. The van der Waals surface area contributed by atoms with Gasteiger partial charge in [0.15, 0.2) is 11.5 Å². The normalized spacial score (nSPS) is 17.6. The first kappa shape index (κ1) is 27.6. The predicted octanol–water partition coefficient (Wildman–Crippen LogP) is 11.1. The fourth-order valence-electron chi connectivity index (χ4n) is 7.24. The first-order valence-electron chi connectivity index (χ1n) is 16.4. The van der Waals surface area contributed by atoms with Gasteiger partial charge in [-0.05, 0) is 59.0 Å². The summed E-state index contributed by atoms with van der Waals surface area (Å²) in [5.41, 5.74) is 9.00. The first-order chi connectivity index (χ1) is 23.2. The van der Waals surface area contributed by atoms with E-state index < -0.39 is 0 Å². The van der Waals surface area contributed by atoms with E-state index in [4.69, 9.17) is 14.6 Å². The summed E-state index contributed by atoms with van der Waals surface area (Å²) < 4.78 is 8.62. The van der Waals surface area contributed by atoms with E-state index >= 15 is 0 Å². The van der Waals surface area contributed by atoms with Gasteiger partial charge in [0.05, 0.1) is 5.52 Å². The van der Waals surface area contributed by atoms with E-state index in [1.54, 1.807) is 0 Å². The van der Waals surface area contributed by atoms with Crippen LogP contribution in [0.4, 0.5) is 0 Å². The summed E-state index contributed by atoms with van der Waals surface area (Å²) in [6, 6.07) is 32.5. The van der Waals surface area contributed by atoms with Crippen molar-refractivity contribution in [1.29, 1.82) is 0 Å². The van der Waals surface area contributed by atoms with Crippen molar-refractivity contribution in [3.63, 3.8) is 0 Å². The lowest BCUT2D eigenvalue weighted by molar-refractivity contribution is 0.517. The number of rotatable bonds is 5. The maximum atomic E-state index is 6.39. The predicted molar refractivity (Wildman–Crippen MR) is 194 cm³/mol. The fourth-order valence-corrected chi connectivity index (χ4v) is 7.24. The Morgan fingerprint density at radius 1 is 0.809 bits per heavy atom. The smallest absolute Gasteiger partial charge is 0.169 e. The van der Waals surface area contributed by atoms with Crippen molar-refractivity contribution in [3.05, 3.63) is 168 Å². The Balaban J connectivity index is 1.11. The average molecular weight is 608 g/mol. The number of para-hydroxylation sites is 1. The molecule has 47 heavy (non-hydrogen) atoms. The Morgan fingerprint density at radius 2 is 1.64 bits per heavy atom. The van der Waals surface area contributed by atoms with Gasteiger partial charge in [0.2, 0.25) is 0 Å². The Kier molecular flexibility index (Phi) is 6.60. The second-order valence-electron chi connectivity index (χ2n) is 12.6. The highest BCUT2D eigenvalue weighted by atomic mass is 16.3. The highest BCUT2D eigenvalue weighted by Gasteiger charge is 2.25. The van der Waals surface area contributed by atoms with Gasteiger partial charge in [-0.2, -0.15) is 0 Å². The number of nitrogens with zero attached hydrogens (tertiary/aromatic N) is 3. The minimum absolute atomic E-state index is 0.179. The van der Waals surface area contributed by atoms with Crippen LogP contribution in [0.2, 0.25) is 0 Å². The van der Waals surface area contributed by atoms with Gasteiger partial charge in [0.25, 0.3) is 0 Å². The average Bonchev–Trinajstić information content (AvgIpc) is 3.75. The van der Waals surface area contributed by atoms with Crippen LogP contribution in [0.25, 0.3) is 55.8 Å². The van der Waals surface area contributed by atoms with E-state index in [0.717, 1.165) is 52.1 Å². The number of allylic oxidation sites excluding steroid dienone is 9. The summed E-state index contributed by atoms with van der Waals surface area (Å²) in [5, 5.41) is 14.2. The third kappa shape index (κ3) is 4.68. The topological polar surface area (TPSA) is 43.3 Å². The van der Waals surface area contributed by atoms with Crippen molar-refractivity contribution in [1.82, 2.24) is 14.6 Å². The molecular formula is C43H33N3O. The minimum Gasteiger partial charge on any atom is -0.460 e. The number of hydrogen-bond donors (Lipinski definition) is 0. The van der Waals surface area contributed by atoms with Gasteiger partial charge < -0.3 is 4.42 Å². The van der Waals surface area contributed by atoms with Gasteiger partial charge in [-0.3, -0.25) is 4.40 Å². The first-order valence-corrected chi connectivity index (χ1v) is 16.4. The molecule has 0 radical (unpaired) electrons. The summed E-state index contributed by atoms with van der Waals surface area (Å²) in [7, 11) is 0. The monoisotopic (exact) mass is 607 g/mol. The van der Waals surface area contributed by atoms with Crippen LogP contribution in [0.5, 0.6) is 0 Å². The second-order valence-corrected chi connectivity index (χ2v) is 12.6. The zero-order valence-electron chi connectivity index (χ0n) is 26.2. The molecule has 2 aliphatic carbocycles. The van der Waals surface area contributed by atoms with E-state index in [1.165, 1.54) is 38.4 Å². The van der Waals surface area contributed by atoms with E-state index in [-0.39, 0.29) is 11.8 Å². The lowest BCUT2D eigenvalue weighted by atomic mass is 9.86. The van der Waals surface area contributed by atoms with Crippen LogP contribution in [-0.4, -0.2) is 14.6 Å². The standard InChI is InChI=1S/C43H33N3O/c1-28(11-9-14-29-12-3-2-4-13-29)32-25-26-39-38(27-32)34-15-5-6-17-37(34)43-45-44-42(46(39)43)31-23-21-30(22-24-31)33-18-10-19-36-35-16-7-8-20-40(35)47-41(33)36/h2-12,14-17,19-28,33H,13,18H2,1H3/b11-9-,29-14-. The lowest BCUT2D eigenvalue weighted by Crippen LogP contribution is -2.03. The SMILES string of the molecule is CC(/C=C\C=C1\C=CC=CC1)c1ccc2c(c1)c1ccccc1c1nnc(-c3ccc(C4CC=Cc5c4oc4ccccc54)cc3)n21. The van der Waals surface area contributed by atoms with Gasteiger partial charge >= 0.3 is 0 Å². The molecule has 0 spiro atoms. The third-order valence-corrected chi connectivity index (χ3v) is 9.74. The van der Waals surface area contributed by atoms with Crippen LogP contribution in [0.1, 0.15) is 54.1 Å². The van der Waals surface area contributed by atoms with E-state index in [1.807, 2.05) is 6.07 Å². The van der Waals surface area contributed by atoms with E-state index in [2.05, 4.69) is 151 Å². The molecule has 4 nitrogen and oxygen atoms in total. The number of furan rings is 1. The van der Waals surface area contributed by atoms with Crippen LogP contribution < -0.4 is 0 Å². The molecule has 2 aliphatic rings. The summed E-state index contributed by atoms with van der Waals surface area (Å²) in [4.78, 5) is 0. The van der Waals surface area contributed by atoms with Crippen LogP contribution >= 0.6 is 0 Å². The van der Waals surface area contributed by atoms with Crippen molar-refractivity contribution in [2.45, 2.75) is 31.6 Å². The van der Waals surface area contributed by atoms with E-state index in [0.29, 0.717) is 0 Å². The third-order valence-electron chi connectivity index (χ3n) is 9.74. The van der Waals surface area contributed by atoms with Crippen LogP contribution in [0.15, 0.2) is 150 Å². The molecule has 0 bridgehead atoms. The summed E-state index contributed by atoms with van der Waals surface area (Å²) in [6.45, 7) is 2.26. The van der Waals surface area contributed by atoms with Crippen LogP contribution in [-0.2, 0) is 0 Å². The molecule has 0 N–H and O–H groups in total. The molecule has 0 fully saturated rings. The lowest BCUT2D eigenvalue weighted by Gasteiger charge is -2.18. The largest absolute Gasteiger partial charge is 0.460 e. The highest BCUT2D eigenvalue weighted by Crippen LogP contribution is 2.41. The molecule has 2 unspecified atom stereocenters. The van der Waals surface area contributed by atoms with Gasteiger partial charge in [0.1, 0.15) is 11.3 Å². The molecule has 0 amide bonds. The molecule has 226 valence electrons. The summed E-state index contributed by atoms with van der Waals surface area (Å²) >= 11 is 0. The van der Waals surface area contributed by atoms with Crippen LogP contribution in [0.3, 0.4) is 0 Å². The number of pyridine rings is 1. The molecule has 4 heteroatoms. The molecule has 4 aromatic carbocycles. The summed E-state index contributed by atoms with van der Waals surface area (Å²) in [6.07, 6.45) is 21.6. The molecule has 9 rings (SSSR count). The highest BCUT2D eigenvalue weighted by molar-refractivity contribution is 6.12. The van der Waals surface area contributed by atoms with Crippen molar-refractivity contribution >= 4 is 44.4 Å². The zero-order chi connectivity index (χ0) is 31.3. The molecule has 0 aliphatic heterocycles. The van der Waals surface area contributed by atoms with Gasteiger partial charge in [-0.25, -0.2) is 0 Å². The number of benzene rings is 4. The maximum absolute atomic E-state index is 6.39. The molecule has 3 aromatic heterocycles. The Hall–Kier alpha value is -5.74. The molecule has 0 saturated carbocycles. The Labute approximate surface area is 273 Å². The van der Waals surface area contributed by atoms with Gasteiger partial charge in [-0.15, -0.1) is 10.2 Å². The minimum atomic E-state index is 0.179. The van der Waals surface area contributed by atoms with Gasteiger partial charge in [-0.1, -0.05) is 134 Å². The molecule has 7 aromatic rings. The second kappa shape index (κ2) is 11.3. The molecular weight excluding hydrogens is 574 g/mol. The number of fused-ring (bicyclic) bond motifs is 9. The number of aromatic nitrogens is 3. The molecule has 3 heterocycles. The van der Waals surface area contributed by atoms with Gasteiger partial charge in [0, 0.05) is 33.2 Å². The molecule has 0 saturated heterocycles.